The third-order valence-electron chi connectivity index (χ3n) is 0.993. The molecule has 0 bridgehead atoms. The lowest BCUT2D eigenvalue weighted by molar-refractivity contribution is -0.126. The molecule has 1 atom stereocenters. The highest BCUT2D eigenvalue weighted by molar-refractivity contribution is 5.83. The summed E-state index contributed by atoms with van der Waals surface area (Å²) in [5.74, 6) is -1.43. The fraction of sp³-hybridized carbons (Fsp3) is 0.600. The Bertz CT molecular complexity index is 133. The van der Waals surface area contributed by atoms with Gasteiger partial charge in [0.25, 0.3) is 0 Å². The second kappa shape index (κ2) is 3.06. The zero-order valence-corrected chi connectivity index (χ0v) is 5.26. The van der Waals surface area contributed by atoms with Gasteiger partial charge in [-0.2, -0.15) is 0 Å². The lowest BCUT2D eigenvalue weighted by atomic mass is 10.1. The Labute approximate surface area is 53.2 Å². The van der Waals surface area contributed by atoms with Crippen molar-refractivity contribution in [2.75, 3.05) is 0 Å². The average Bonchev–Trinajstić information content (AvgIpc) is 1.63. The molecule has 0 aromatic heterocycles. The van der Waals surface area contributed by atoms with E-state index in [1.807, 2.05) is 0 Å². The maximum absolute atomic E-state index is 10.2. The molecule has 52 valence electrons. The SMILES string of the molecule is C[C@@H](CC(N)=O)C(N)=O. The third-order valence-corrected chi connectivity index (χ3v) is 0.993. The van der Waals surface area contributed by atoms with Crippen LogP contribution in [0.2, 0.25) is 0 Å². The van der Waals surface area contributed by atoms with Crippen molar-refractivity contribution in [3.8, 4) is 0 Å². The Morgan fingerprint density at radius 3 is 2.00 bits per heavy atom. The molecule has 0 saturated heterocycles. The number of rotatable bonds is 3. The van der Waals surface area contributed by atoms with Gasteiger partial charge in [0, 0.05) is 12.3 Å². The average molecular weight is 130 g/mol. The Morgan fingerprint density at radius 1 is 1.44 bits per heavy atom. The summed E-state index contributed by atoms with van der Waals surface area (Å²) < 4.78 is 0. The van der Waals surface area contributed by atoms with Gasteiger partial charge in [-0.25, -0.2) is 0 Å². The molecule has 4 N–H and O–H groups in total. The van der Waals surface area contributed by atoms with Crippen LogP contribution in [0.3, 0.4) is 0 Å². The molecule has 4 nitrogen and oxygen atoms in total. The number of hydrogen-bond donors (Lipinski definition) is 2. The second-order valence-electron chi connectivity index (χ2n) is 1.97. The lowest BCUT2D eigenvalue weighted by Crippen LogP contribution is -2.25. The van der Waals surface area contributed by atoms with Crippen LogP contribution < -0.4 is 11.5 Å². The first-order valence-corrected chi connectivity index (χ1v) is 2.61. The third kappa shape index (κ3) is 3.52. The van der Waals surface area contributed by atoms with Crippen LogP contribution in [0.5, 0.6) is 0 Å². The van der Waals surface area contributed by atoms with Gasteiger partial charge >= 0.3 is 0 Å². The minimum atomic E-state index is -0.499. The smallest absolute Gasteiger partial charge is 0.220 e. The number of primary amides is 2. The highest BCUT2D eigenvalue weighted by atomic mass is 16.2. The van der Waals surface area contributed by atoms with Gasteiger partial charge in [-0.1, -0.05) is 6.92 Å². The first kappa shape index (κ1) is 7.94. The van der Waals surface area contributed by atoms with Crippen LogP contribution in [0.25, 0.3) is 0 Å². The Morgan fingerprint density at radius 2 is 1.89 bits per heavy atom. The van der Waals surface area contributed by atoms with Crippen molar-refractivity contribution >= 4 is 11.8 Å². The van der Waals surface area contributed by atoms with Crippen LogP contribution in [0, 0.1) is 5.92 Å². The van der Waals surface area contributed by atoms with E-state index in [1.54, 1.807) is 6.92 Å². The van der Waals surface area contributed by atoms with Crippen LogP contribution in [-0.4, -0.2) is 11.8 Å². The topological polar surface area (TPSA) is 86.2 Å². The Kier molecular flexibility index (Phi) is 2.70. The van der Waals surface area contributed by atoms with E-state index in [2.05, 4.69) is 0 Å². The predicted octanol–water partition coefficient (Wildman–Crippen LogP) is -1.02. The van der Waals surface area contributed by atoms with Gasteiger partial charge in [-0.05, 0) is 0 Å². The lowest BCUT2D eigenvalue weighted by Gasteiger charge is -2.00. The van der Waals surface area contributed by atoms with Crippen molar-refractivity contribution in [2.24, 2.45) is 17.4 Å². The van der Waals surface area contributed by atoms with Crippen molar-refractivity contribution in [1.29, 1.82) is 0 Å². The summed E-state index contributed by atoms with van der Waals surface area (Å²) in [6, 6.07) is 0. The minimum absolute atomic E-state index is 0.0370. The largest absolute Gasteiger partial charge is 0.370 e. The minimum Gasteiger partial charge on any atom is -0.370 e. The van der Waals surface area contributed by atoms with Gasteiger partial charge in [-0.15, -0.1) is 0 Å². The van der Waals surface area contributed by atoms with Gasteiger partial charge < -0.3 is 11.5 Å². The van der Waals surface area contributed by atoms with Crippen LogP contribution >= 0.6 is 0 Å². The Balaban J connectivity index is 3.63. The molecule has 0 aliphatic carbocycles. The van der Waals surface area contributed by atoms with Crippen LogP contribution in [0.1, 0.15) is 13.3 Å². The van der Waals surface area contributed by atoms with E-state index < -0.39 is 17.7 Å². The van der Waals surface area contributed by atoms with Crippen molar-refractivity contribution in [2.45, 2.75) is 13.3 Å². The number of hydrogen-bond acceptors (Lipinski definition) is 2. The molecule has 0 aliphatic heterocycles. The molecule has 4 heteroatoms. The fourth-order valence-corrected chi connectivity index (χ4v) is 0.402. The molecule has 0 aliphatic rings. The maximum Gasteiger partial charge on any atom is 0.220 e. The second-order valence-corrected chi connectivity index (χ2v) is 1.97. The van der Waals surface area contributed by atoms with E-state index in [-0.39, 0.29) is 6.42 Å². The van der Waals surface area contributed by atoms with Crippen molar-refractivity contribution in [1.82, 2.24) is 0 Å². The normalized spacial score (nSPS) is 12.6. The van der Waals surface area contributed by atoms with Gasteiger partial charge in [0.2, 0.25) is 11.8 Å². The van der Waals surface area contributed by atoms with E-state index in [0.29, 0.717) is 0 Å². The summed E-state index contributed by atoms with van der Waals surface area (Å²) in [5, 5.41) is 0. The summed E-state index contributed by atoms with van der Waals surface area (Å²) >= 11 is 0. The summed E-state index contributed by atoms with van der Waals surface area (Å²) in [6.07, 6.45) is 0.0370. The molecule has 0 fully saturated rings. The first-order chi connectivity index (χ1) is 4.04. The van der Waals surface area contributed by atoms with Crippen LogP contribution in [-0.2, 0) is 9.59 Å². The molecule has 0 radical (unpaired) electrons. The summed E-state index contributed by atoms with van der Waals surface area (Å²) in [4.78, 5) is 20.4. The van der Waals surface area contributed by atoms with Gasteiger partial charge in [0.1, 0.15) is 0 Å². The van der Waals surface area contributed by atoms with Crippen molar-refractivity contribution in [3.63, 3.8) is 0 Å². The molecular formula is C5H10N2O2. The monoisotopic (exact) mass is 130 g/mol. The molecule has 0 rings (SSSR count). The van der Waals surface area contributed by atoms with Crippen LogP contribution in [0.4, 0.5) is 0 Å². The number of amides is 2. The van der Waals surface area contributed by atoms with Gasteiger partial charge in [0.15, 0.2) is 0 Å². The van der Waals surface area contributed by atoms with E-state index in [1.165, 1.54) is 0 Å². The number of carbonyl (C=O) groups is 2. The molecule has 9 heavy (non-hydrogen) atoms. The molecule has 0 heterocycles. The van der Waals surface area contributed by atoms with Crippen molar-refractivity contribution in [3.05, 3.63) is 0 Å². The molecule has 0 aromatic carbocycles. The van der Waals surface area contributed by atoms with Crippen LogP contribution in [0.15, 0.2) is 0 Å². The quantitative estimate of drug-likeness (QED) is 0.512. The van der Waals surface area contributed by atoms with E-state index in [9.17, 15) is 9.59 Å². The summed E-state index contributed by atoms with van der Waals surface area (Å²) in [7, 11) is 0. The van der Waals surface area contributed by atoms with E-state index in [0.717, 1.165) is 0 Å². The Hall–Kier alpha value is -1.06. The van der Waals surface area contributed by atoms with E-state index in [4.69, 9.17) is 11.5 Å². The van der Waals surface area contributed by atoms with E-state index >= 15 is 0 Å². The number of nitrogens with two attached hydrogens (primary N) is 2. The zero-order valence-electron chi connectivity index (χ0n) is 5.26. The number of carbonyl (C=O) groups excluding carboxylic acids is 2. The maximum atomic E-state index is 10.2. The summed E-state index contributed by atoms with van der Waals surface area (Å²) in [6.45, 7) is 1.56. The fourth-order valence-electron chi connectivity index (χ4n) is 0.402. The molecule has 0 unspecified atom stereocenters. The molecular weight excluding hydrogens is 120 g/mol. The zero-order chi connectivity index (χ0) is 7.44. The first-order valence-electron chi connectivity index (χ1n) is 2.61. The predicted molar refractivity (Wildman–Crippen MR) is 32.2 cm³/mol. The molecule has 0 aromatic rings. The molecule has 0 saturated carbocycles. The van der Waals surface area contributed by atoms with Gasteiger partial charge in [-0.3, -0.25) is 9.59 Å². The summed E-state index contributed by atoms with van der Waals surface area (Å²) in [5.41, 5.74) is 9.62. The standard InChI is InChI=1S/C5H10N2O2/c1-3(5(7)9)2-4(6)8/h3H,2H2,1H3,(H2,6,8)(H2,7,9)/t3-/m0/s1. The highest BCUT2D eigenvalue weighted by Crippen LogP contribution is 1.97. The van der Waals surface area contributed by atoms with Crippen molar-refractivity contribution < 1.29 is 9.59 Å². The molecule has 2 amide bonds. The highest BCUT2D eigenvalue weighted by Gasteiger charge is 2.10. The molecule has 0 spiro atoms. The van der Waals surface area contributed by atoms with Gasteiger partial charge in [0.05, 0.1) is 0 Å².